The SMILES string of the molecule is O=C(Cc1c[nH]c(=O)[nH]c1=O)N1CCC(Cc2ccc(F)cc2)CC1. The van der Waals surface area contributed by atoms with Crippen molar-refractivity contribution >= 4 is 5.91 Å². The lowest BCUT2D eigenvalue weighted by Gasteiger charge is -2.32. The van der Waals surface area contributed by atoms with Crippen molar-refractivity contribution < 1.29 is 9.18 Å². The summed E-state index contributed by atoms with van der Waals surface area (Å²) in [6, 6.07) is 6.54. The maximum absolute atomic E-state index is 12.9. The predicted molar refractivity (Wildman–Crippen MR) is 90.8 cm³/mol. The van der Waals surface area contributed by atoms with E-state index < -0.39 is 11.2 Å². The van der Waals surface area contributed by atoms with Crippen molar-refractivity contribution in [2.24, 2.45) is 5.92 Å². The van der Waals surface area contributed by atoms with E-state index >= 15 is 0 Å². The molecule has 132 valence electrons. The Kier molecular flexibility index (Phi) is 5.11. The second-order valence-electron chi connectivity index (χ2n) is 6.43. The van der Waals surface area contributed by atoms with Gasteiger partial charge in [0, 0.05) is 24.8 Å². The van der Waals surface area contributed by atoms with Gasteiger partial charge in [-0.15, -0.1) is 0 Å². The van der Waals surface area contributed by atoms with Gasteiger partial charge in [-0.05, 0) is 42.9 Å². The number of nitrogens with zero attached hydrogens (tertiary/aromatic N) is 1. The number of carbonyl (C=O) groups is 1. The summed E-state index contributed by atoms with van der Waals surface area (Å²) >= 11 is 0. The quantitative estimate of drug-likeness (QED) is 0.874. The van der Waals surface area contributed by atoms with Crippen LogP contribution in [0, 0.1) is 11.7 Å². The standard InChI is InChI=1S/C18H20FN3O3/c19-15-3-1-12(2-4-15)9-13-5-7-22(8-6-13)16(23)10-14-11-20-18(25)21-17(14)24/h1-4,11,13H,5-10H2,(H2,20,21,24,25). The Morgan fingerprint density at radius 1 is 1.16 bits per heavy atom. The first-order valence-corrected chi connectivity index (χ1v) is 8.34. The number of H-pyrrole nitrogens is 2. The maximum Gasteiger partial charge on any atom is 0.325 e. The van der Waals surface area contributed by atoms with Crippen molar-refractivity contribution in [2.45, 2.75) is 25.7 Å². The van der Waals surface area contributed by atoms with Crippen LogP contribution in [-0.2, 0) is 17.6 Å². The minimum Gasteiger partial charge on any atom is -0.342 e. The fourth-order valence-electron chi connectivity index (χ4n) is 3.18. The van der Waals surface area contributed by atoms with Crippen molar-refractivity contribution in [3.05, 3.63) is 68.2 Å². The number of halogens is 1. The zero-order valence-electron chi connectivity index (χ0n) is 13.8. The van der Waals surface area contributed by atoms with Gasteiger partial charge >= 0.3 is 5.69 Å². The third kappa shape index (κ3) is 4.43. The molecule has 2 N–H and O–H groups in total. The second kappa shape index (κ2) is 7.46. The Morgan fingerprint density at radius 2 is 1.84 bits per heavy atom. The summed E-state index contributed by atoms with van der Waals surface area (Å²) in [5.41, 5.74) is 0.259. The number of amides is 1. The smallest absolute Gasteiger partial charge is 0.325 e. The first-order chi connectivity index (χ1) is 12.0. The molecular weight excluding hydrogens is 325 g/mol. The van der Waals surface area contributed by atoms with Gasteiger partial charge in [0.1, 0.15) is 5.82 Å². The summed E-state index contributed by atoms with van der Waals surface area (Å²) in [4.78, 5) is 41.3. The molecule has 0 saturated carbocycles. The van der Waals surface area contributed by atoms with E-state index in [-0.39, 0.29) is 23.7 Å². The maximum atomic E-state index is 12.9. The summed E-state index contributed by atoms with van der Waals surface area (Å²) in [7, 11) is 0. The number of piperidine rings is 1. The number of hydrogen-bond acceptors (Lipinski definition) is 3. The predicted octanol–water partition coefficient (Wildman–Crippen LogP) is 1.23. The zero-order valence-corrected chi connectivity index (χ0v) is 13.8. The second-order valence-corrected chi connectivity index (χ2v) is 6.43. The molecule has 0 aliphatic carbocycles. The third-order valence-electron chi connectivity index (χ3n) is 4.64. The monoisotopic (exact) mass is 345 g/mol. The van der Waals surface area contributed by atoms with Crippen molar-refractivity contribution in [2.75, 3.05) is 13.1 Å². The molecule has 2 heterocycles. The zero-order chi connectivity index (χ0) is 17.8. The third-order valence-corrected chi connectivity index (χ3v) is 4.64. The summed E-state index contributed by atoms with van der Waals surface area (Å²) in [6.07, 6.45) is 3.91. The summed E-state index contributed by atoms with van der Waals surface area (Å²) in [5, 5.41) is 0. The molecule has 1 amide bonds. The molecule has 0 radical (unpaired) electrons. The molecule has 0 atom stereocenters. The van der Waals surface area contributed by atoms with Crippen molar-refractivity contribution in [3.8, 4) is 0 Å². The molecule has 25 heavy (non-hydrogen) atoms. The Bertz CT molecular complexity index is 849. The topological polar surface area (TPSA) is 86.0 Å². The lowest BCUT2D eigenvalue weighted by molar-refractivity contribution is -0.131. The van der Waals surface area contributed by atoms with Crippen LogP contribution in [-0.4, -0.2) is 33.9 Å². The highest BCUT2D eigenvalue weighted by Gasteiger charge is 2.23. The largest absolute Gasteiger partial charge is 0.342 e. The number of benzene rings is 1. The molecule has 1 aromatic carbocycles. The van der Waals surface area contributed by atoms with Crippen LogP contribution in [0.4, 0.5) is 4.39 Å². The summed E-state index contributed by atoms with van der Waals surface area (Å²) < 4.78 is 12.9. The van der Waals surface area contributed by atoms with Crippen molar-refractivity contribution in [1.29, 1.82) is 0 Å². The van der Waals surface area contributed by atoms with Gasteiger partial charge in [-0.1, -0.05) is 12.1 Å². The van der Waals surface area contributed by atoms with Gasteiger partial charge in [-0.25, -0.2) is 9.18 Å². The van der Waals surface area contributed by atoms with Crippen molar-refractivity contribution in [1.82, 2.24) is 14.9 Å². The number of nitrogens with one attached hydrogen (secondary N) is 2. The van der Waals surface area contributed by atoms with Gasteiger partial charge < -0.3 is 9.88 Å². The molecule has 0 spiro atoms. The van der Waals surface area contributed by atoms with E-state index in [4.69, 9.17) is 0 Å². The van der Waals surface area contributed by atoms with E-state index in [2.05, 4.69) is 9.97 Å². The Labute approximate surface area is 143 Å². The molecule has 1 aromatic heterocycles. The van der Waals surface area contributed by atoms with Crippen LogP contribution < -0.4 is 11.2 Å². The number of hydrogen-bond donors (Lipinski definition) is 2. The lowest BCUT2D eigenvalue weighted by Crippen LogP contribution is -2.40. The van der Waals surface area contributed by atoms with E-state index in [1.54, 1.807) is 17.0 Å². The minimum atomic E-state index is -0.581. The van der Waals surface area contributed by atoms with Crippen molar-refractivity contribution in [3.63, 3.8) is 0 Å². The fraction of sp³-hybridized carbons (Fsp3) is 0.389. The van der Waals surface area contributed by atoms with Crippen LogP contribution >= 0.6 is 0 Å². The number of aromatic nitrogens is 2. The van der Waals surface area contributed by atoms with Gasteiger partial charge in [0.25, 0.3) is 5.56 Å². The Balaban J connectivity index is 1.53. The number of likely N-dealkylation sites (tertiary alicyclic amines) is 1. The van der Waals surface area contributed by atoms with Crippen LogP contribution in [0.2, 0.25) is 0 Å². The van der Waals surface area contributed by atoms with Gasteiger partial charge in [-0.3, -0.25) is 14.6 Å². The molecule has 6 nitrogen and oxygen atoms in total. The lowest BCUT2D eigenvalue weighted by atomic mass is 9.90. The van der Waals surface area contributed by atoms with E-state index in [0.29, 0.717) is 19.0 Å². The number of aromatic amines is 2. The Morgan fingerprint density at radius 3 is 2.48 bits per heavy atom. The molecule has 0 bridgehead atoms. The highest BCUT2D eigenvalue weighted by Crippen LogP contribution is 2.22. The van der Waals surface area contributed by atoms with Crippen LogP contribution in [0.1, 0.15) is 24.0 Å². The molecule has 1 aliphatic rings. The van der Waals surface area contributed by atoms with E-state index in [1.807, 2.05) is 0 Å². The molecular formula is C18H20FN3O3. The normalized spacial score (nSPS) is 15.3. The highest BCUT2D eigenvalue weighted by molar-refractivity contribution is 5.78. The van der Waals surface area contributed by atoms with Gasteiger partial charge in [0.05, 0.1) is 6.42 Å². The molecule has 1 fully saturated rings. The number of rotatable bonds is 4. The van der Waals surface area contributed by atoms with Crippen LogP contribution in [0.25, 0.3) is 0 Å². The number of carbonyl (C=O) groups excluding carboxylic acids is 1. The molecule has 3 rings (SSSR count). The first kappa shape index (κ1) is 17.1. The average Bonchev–Trinajstić information content (AvgIpc) is 2.60. The highest BCUT2D eigenvalue weighted by atomic mass is 19.1. The van der Waals surface area contributed by atoms with Crippen LogP contribution in [0.5, 0.6) is 0 Å². The van der Waals surface area contributed by atoms with Gasteiger partial charge in [0.2, 0.25) is 5.91 Å². The Hall–Kier alpha value is -2.70. The first-order valence-electron chi connectivity index (χ1n) is 8.34. The molecule has 1 saturated heterocycles. The average molecular weight is 345 g/mol. The van der Waals surface area contributed by atoms with Crippen LogP contribution in [0.3, 0.4) is 0 Å². The van der Waals surface area contributed by atoms with Gasteiger partial charge in [-0.2, -0.15) is 0 Å². The van der Waals surface area contributed by atoms with Gasteiger partial charge in [0.15, 0.2) is 0 Å². The molecule has 2 aromatic rings. The molecule has 7 heteroatoms. The van der Waals surface area contributed by atoms with E-state index in [1.165, 1.54) is 18.3 Å². The fourth-order valence-corrected chi connectivity index (χ4v) is 3.18. The summed E-state index contributed by atoms with van der Waals surface area (Å²) in [5.74, 6) is 0.116. The van der Waals surface area contributed by atoms with Crippen LogP contribution in [0.15, 0.2) is 40.1 Å². The van der Waals surface area contributed by atoms with E-state index in [9.17, 15) is 18.8 Å². The van der Waals surface area contributed by atoms with E-state index in [0.717, 1.165) is 24.8 Å². The molecule has 0 unspecified atom stereocenters. The molecule has 1 aliphatic heterocycles. The minimum absolute atomic E-state index is 0.0191. The summed E-state index contributed by atoms with van der Waals surface area (Å²) in [6.45, 7) is 1.29.